The minimum Gasteiger partial charge on any atom is -0.487 e. The Morgan fingerprint density at radius 2 is 2.15 bits per heavy atom. The van der Waals surface area contributed by atoms with E-state index in [9.17, 15) is 4.79 Å². The van der Waals surface area contributed by atoms with Crippen LogP contribution in [0.3, 0.4) is 0 Å². The Morgan fingerprint density at radius 1 is 1.45 bits per heavy atom. The molecule has 1 atom stereocenters. The molecular formula is C15H23ClN2O2. The van der Waals surface area contributed by atoms with Crippen LogP contribution < -0.4 is 15.8 Å². The molecule has 0 fully saturated rings. The highest BCUT2D eigenvalue weighted by Crippen LogP contribution is 2.39. The maximum Gasteiger partial charge on any atom is 0.220 e. The molecule has 1 heterocycles. The van der Waals surface area contributed by atoms with Crippen LogP contribution in [-0.2, 0) is 4.79 Å². The van der Waals surface area contributed by atoms with E-state index >= 15 is 0 Å². The average molecular weight is 299 g/mol. The first-order chi connectivity index (χ1) is 9.02. The highest BCUT2D eigenvalue weighted by atomic mass is 35.5. The summed E-state index contributed by atoms with van der Waals surface area (Å²) in [7, 11) is 0. The number of hydrogen-bond acceptors (Lipinski definition) is 3. The molecule has 1 aromatic rings. The van der Waals surface area contributed by atoms with Gasteiger partial charge < -0.3 is 15.8 Å². The van der Waals surface area contributed by atoms with Crippen LogP contribution in [0.2, 0.25) is 0 Å². The molecule has 1 aliphatic heterocycles. The van der Waals surface area contributed by atoms with Crippen molar-refractivity contribution in [3.05, 3.63) is 29.8 Å². The molecule has 1 aliphatic rings. The SMILES string of the molecule is CC1(C)CC(NC(=O)CCCN)c2ccccc2O1.Cl. The summed E-state index contributed by atoms with van der Waals surface area (Å²) in [6, 6.07) is 7.91. The Morgan fingerprint density at radius 3 is 2.85 bits per heavy atom. The van der Waals surface area contributed by atoms with Gasteiger partial charge in [-0.15, -0.1) is 12.4 Å². The summed E-state index contributed by atoms with van der Waals surface area (Å²) in [5.74, 6) is 0.922. The van der Waals surface area contributed by atoms with E-state index in [1.54, 1.807) is 0 Å². The second kappa shape index (κ2) is 6.95. The van der Waals surface area contributed by atoms with Gasteiger partial charge in [0, 0.05) is 18.4 Å². The monoisotopic (exact) mass is 298 g/mol. The topological polar surface area (TPSA) is 64.4 Å². The minimum atomic E-state index is -0.264. The van der Waals surface area contributed by atoms with Crippen molar-refractivity contribution in [1.82, 2.24) is 5.32 Å². The fourth-order valence-electron chi connectivity index (χ4n) is 2.46. The largest absolute Gasteiger partial charge is 0.487 e. The number of carbonyl (C=O) groups is 1. The molecule has 1 aromatic carbocycles. The summed E-state index contributed by atoms with van der Waals surface area (Å²) in [5.41, 5.74) is 6.22. The van der Waals surface area contributed by atoms with Gasteiger partial charge in [0.1, 0.15) is 11.4 Å². The van der Waals surface area contributed by atoms with Gasteiger partial charge in [-0.1, -0.05) is 18.2 Å². The van der Waals surface area contributed by atoms with Crippen molar-refractivity contribution in [2.75, 3.05) is 6.54 Å². The van der Waals surface area contributed by atoms with Crippen LogP contribution in [0.25, 0.3) is 0 Å². The lowest BCUT2D eigenvalue weighted by atomic mass is 9.89. The number of nitrogens with one attached hydrogen (secondary N) is 1. The van der Waals surface area contributed by atoms with E-state index in [0.29, 0.717) is 13.0 Å². The van der Waals surface area contributed by atoms with Crippen molar-refractivity contribution in [3.8, 4) is 5.75 Å². The van der Waals surface area contributed by atoms with Crippen molar-refractivity contribution in [1.29, 1.82) is 0 Å². The Labute approximate surface area is 126 Å². The fraction of sp³-hybridized carbons (Fsp3) is 0.533. The van der Waals surface area contributed by atoms with Crippen LogP contribution in [0, 0.1) is 0 Å². The number of hydrogen-bond donors (Lipinski definition) is 2. The average Bonchev–Trinajstić information content (AvgIpc) is 2.35. The first-order valence-electron chi connectivity index (χ1n) is 6.79. The molecule has 0 saturated heterocycles. The normalized spacial score (nSPS) is 19.2. The smallest absolute Gasteiger partial charge is 0.220 e. The van der Waals surface area contributed by atoms with Gasteiger partial charge in [-0.05, 0) is 32.9 Å². The number of nitrogens with two attached hydrogens (primary N) is 1. The summed E-state index contributed by atoms with van der Waals surface area (Å²) in [6.45, 7) is 4.63. The molecule has 0 spiro atoms. The van der Waals surface area contributed by atoms with Crippen molar-refractivity contribution in [3.63, 3.8) is 0 Å². The van der Waals surface area contributed by atoms with Gasteiger partial charge in [-0.25, -0.2) is 0 Å². The molecule has 3 N–H and O–H groups in total. The van der Waals surface area contributed by atoms with Crippen LogP contribution in [-0.4, -0.2) is 18.1 Å². The van der Waals surface area contributed by atoms with Gasteiger partial charge in [-0.3, -0.25) is 4.79 Å². The lowest BCUT2D eigenvalue weighted by Crippen LogP contribution is -2.41. The van der Waals surface area contributed by atoms with E-state index in [-0.39, 0.29) is 30.0 Å². The number of amides is 1. The standard InChI is InChI=1S/C15H22N2O2.ClH/c1-15(2)10-12(17-14(18)8-5-9-16)11-6-3-4-7-13(11)19-15;/h3-4,6-7,12H,5,8-10,16H2,1-2H3,(H,17,18);1H. The van der Waals surface area contributed by atoms with E-state index in [1.807, 2.05) is 38.1 Å². The van der Waals surface area contributed by atoms with Gasteiger partial charge in [0.2, 0.25) is 5.91 Å². The summed E-state index contributed by atoms with van der Waals surface area (Å²) < 4.78 is 5.94. The molecule has 112 valence electrons. The first-order valence-corrected chi connectivity index (χ1v) is 6.79. The molecule has 0 radical (unpaired) electrons. The first kappa shape index (κ1) is 16.8. The Bertz CT molecular complexity index is 463. The summed E-state index contributed by atoms with van der Waals surface area (Å²) >= 11 is 0. The summed E-state index contributed by atoms with van der Waals surface area (Å²) in [6.07, 6.45) is 1.98. The maximum absolute atomic E-state index is 11.9. The molecule has 5 heteroatoms. The van der Waals surface area contributed by atoms with Gasteiger partial charge in [0.15, 0.2) is 0 Å². The van der Waals surface area contributed by atoms with Crippen LogP contribution in [0.5, 0.6) is 5.75 Å². The third kappa shape index (κ3) is 4.12. The van der Waals surface area contributed by atoms with Gasteiger partial charge in [-0.2, -0.15) is 0 Å². The Kier molecular flexibility index (Phi) is 5.84. The molecule has 1 unspecified atom stereocenters. The van der Waals surface area contributed by atoms with Crippen molar-refractivity contribution < 1.29 is 9.53 Å². The number of para-hydroxylation sites is 1. The zero-order chi connectivity index (χ0) is 13.9. The highest BCUT2D eigenvalue weighted by molar-refractivity contribution is 5.85. The second-order valence-corrected chi connectivity index (χ2v) is 5.62. The molecule has 0 aliphatic carbocycles. The van der Waals surface area contributed by atoms with Crippen molar-refractivity contribution >= 4 is 18.3 Å². The number of benzene rings is 1. The molecule has 20 heavy (non-hydrogen) atoms. The minimum absolute atomic E-state index is 0. The van der Waals surface area contributed by atoms with Crippen LogP contribution in [0.15, 0.2) is 24.3 Å². The fourth-order valence-corrected chi connectivity index (χ4v) is 2.46. The molecule has 0 aromatic heterocycles. The van der Waals surface area contributed by atoms with E-state index in [1.165, 1.54) is 0 Å². The van der Waals surface area contributed by atoms with E-state index < -0.39 is 0 Å². The quantitative estimate of drug-likeness (QED) is 0.898. The number of rotatable bonds is 4. The van der Waals surface area contributed by atoms with Crippen molar-refractivity contribution in [2.24, 2.45) is 5.73 Å². The summed E-state index contributed by atoms with van der Waals surface area (Å²) in [4.78, 5) is 11.9. The number of fused-ring (bicyclic) bond motifs is 1. The molecule has 4 nitrogen and oxygen atoms in total. The van der Waals surface area contributed by atoms with Crippen LogP contribution >= 0.6 is 12.4 Å². The lowest BCUT2D eigenvalue weighted by molar-refractivity contribution is -0.122. The van der Waals surface area contributed by atoms with Crippen molar-refractivity contribution in [2.45, 2.75) is 44.8 Å². The van der Waals surface area contributed by atoms with E-state index in [0.717, 1.165) is 24.2 Å². The lowest BCUT2D eigenvalue weighted by Gasteiger charge is -2.37. The zero-order valence-electron chi connectivity index (χ0n) is 12.0. The molecule has 2 rings (SSSR count). The van der Waals surface area contributed by atoms with Crippen LogP contribution in [0.1, 0.15) is 44.7 Å². The Balaban J connectivity index is 0.00000200. The zero-order valence-corrected chi connectivity index (χ0v) is 12.8. The number of ether oxygens (including phenoxy) is 1. The number of halogens is 1. The van der Waals surface area contributed by atoms with Gasteiger partial charge in [0.25, 0.3) is 0 Å². The molecule has 0 saturated carbocycles. The second-order valence-electron chi connectivity index (χ2n) is 5.62. The molecular weight excluding hydrogens is 276 g/mol. The Hall–Kier alpha value is -1.26. The van der Waals surface area contributed by atoms with Gasteiger partial charge >= 0.3 is 0 Å². The highest BCUT2D eigenvalue weighted by Gasteiger charge is 2.34. The van der Waals surface area contributed by atoms with Crippen LogP contribution in [0.4, 0.5) is 0 Å². The predicted molar refractivity (Wildman–Crippen MR) is 82.2 cm³/mol. The maximum atomic E-state index is 11.9. The molecule has 1 amide bonds. The summed E-state index contributed by atoms with van der Waals surface area (Å²) in [5, 5.41) is 3.09. The third-order valence-electron chi connectivity index (χ3n) is 3.32. The number of carbonyl (C=O) groups excluding carboxylic acids is 1. The molecule has 0 bridgehead atoms. The van der Waals surface area contributed by atoms with E-state index in [2.05, 4.69) is 5.32 Å². The third-order valence-corrected chi connectivity index (χ3v) is 3.32. The predicted octanol–water partition coefficient (Wildman–Crippen LogP) is 2.57. The van der Waals surface area contributed by atoms with E-state index in [4.69, 9.17) is 10.5 Å². The van der Waals surface area contributed by atoms with Gasteiger partial charge in [0.05, 0.1) is 6.04 Å².